The fraction of sp³-hybridized carbons (Fsp3) is 0.867. The van der Waals surface area contributed by atoms with Crippen LogP contribution in [0.5, 0.6) is 0 Å². The number of ether oxygens (including phenoxy) is 1. The van der Waals surface area contributed by atoms with Gasteiger partial charge in [0.25, 0.3) is 0 Å². The number of methoxy groups -OCH3 is 1. The van der Waals surface area contributed by atoms with Crippen molar-refractivity contribution in [3.05, 3.63) is 0 Å². The molecular weight excluding hydrogens is 272 g/mol. The molecule has 2 unspecified atom stereocenters. The van der Waals surface area contributed by atoms with Crippen molar-refractivity contribution in [1.29, 1.82) is 0 Å². The quantitative estimate of drug-likeness (QED) is 0.813. The van der Waals surface area contributed by atoms with Gasteiger partial charge in [-0.05, 0) is 26.2 Å². The number of hydrogen-bond acceptors (Lipinski definition) is 3. The molecule has 1 aliphatic heterocycles. The first kappa shape index (κ1) is 17.8. The van der Waals surface area contributed by atoms with Crippen LogP contribution in [0, 0.1) is 11.3 Å². The molecule has 0 spiro atoms. The summed E-state index contributed by atoms with van der Waals surface area (Å²) in [5, 5.41) is 9.55. The standard InChI is InChI=1S/C15H28N2O4/c1-6-17(12(4)9-21-5)14(20)16-8-7-15(10-16,11(2)3)13(18)19/h11-12H,6-10H2,1-5H3,(H,18,19). The van der Waals surface area contributed by atoms with Crippen LogP contribution in [0.15, 0.2) is 0 Å². The highest BCUT2D eigenvalue weighted by atomic mass is 16.5. The van der Waals surface area contributed by atoms with Crippen molar-refractivity contribution in [3.63, 3.8) is 0 Å². The summed E-state index contributed by atoms with van der Waals surface area (Å²) in [7, 11) is 1.61. The number of amides is 2. The van der Waals surface area contributed by atoms with Crippen LogP contribution in [0.4, 0.5) is 4.79 Å². The van der Waals surface area contributed by atoms with Crippen LogP contribution < -0.4 is 0 Å². The molecule has 1 rings (SSSR count). The Morgan fingerprint density at radius 1 is 1.38 bits per heavy atom. The number of urea groups is 1. The zero-order valence-electron chi connectivity index (χ0n) is 13.8. The van der Waals surface area contributed by atoms with Crippen molar-refractivity contribution in [1.82, 2.24) is 9.80 Å². The van der Waals surface area contributed by atoms with E-state index < -0.39 is 11.4 Å². The number of carbonyl (C=O) groups is 2. The third-order valence-corrected chi connectivity index (χ3v) is 4.63. The van der Waals surface area contributed by atoms with Gasteiger partial charge >= 0.3 is 12.0 Å². The molecule has 1 aliphatic rings. The number of carbonyl (C=O) groups excluding carboxylic acids is 1. The Labute approximate surface area is 127 Å². The van der Waals surface area contributed by atoms with Crippen molar-refractivity contribution in [2.45, 2.75) is 40.2 Å². The lowest BCUT2D eigenvalue weighted by Crippen LogP contribution is -2.49. The molecule has 0 aliphatic carbocycles. The molecule has 0 saturated carbocycles. The molecule has 21 heavy (non-hydrogen) atoms. The lowest BCUT2D eigenvalue weighted by atomic mass is 9.76. The van der Waals surface area contributed by atoms with E-state index in [4.69, 9.17) is 4.74 Å². The monoisotopic (exact) mass is 300 g/mol. The largest absolute Gasteiger partial charge is 0.481 e. The average molecular weight is 300 g/mol. The lowest BCUT2D eigenvalue weighted by Gasteiger charge is -2.33. The molecular formula is C15H28N2O4. The van der Waals surface area contributed by atoms with E-state index in [0.717, 1.165) is 0 Å². The molecule has 1 N–H and O–H groups in total. The summed E-state index contributed by atoms with van der Waals surface area (Å²) in [5.74, 6) is -0.805. The van der Waals surface area contributed by atoms with Crippen LogP contribution in [0.1, 0.15) is 34.1 Å². The van der Waals surface area contributed by atoms with Crippen molar-refractivity contribution >= 4 is 12.0 Å². The zero-order chi connectivity index (χ0) is 16.2. The number of hydrogen-bond donors (Lipinski definition) is 1. The summed E-state index contributed by atoms with van der Waals surface area (Å²) in [5.41, 5.74) is -0.820. The SMILES string of the molecule is CCN(C(=O)N1CCC(C(=O)O)(C(C)C)C1)C(C)COC. The van der Waals surface area contributed by atoms with Gasteiger partial charge in [0.2, 0.25) is 0 Å². The molecule has 1 fully saturated rings. The smallest absolute Gasteiger partial charge is 0.320 e. The van der Waals surface area contributed by atoms with Crippen LogP contribution in [-0.2, 0) is 9.53 Å². The predicted octanol–water partition coefficient (Wildman–Crippen LogP) is 1.90. The van der Waals surface area contributed by atoms with Gasteiger partial charge in [-0.1, -0.05) is 13.8 Å². The molecule has 6 nitrogen and oxygen atoms in total. The van der Waals surface area contributed by atoms with Crippen LogP contribution in [0.3, 0.4) is 0 Å². The van der Waals surface area contributed by atoms with Gasteiger partial charge < -0.3 is 19.6 Å². The van der Waals surface area contributed by atoms with E-state index in [1.807, 2.05) is 27.7 Å². The van der Waals surface area contributed by atoms with E-state index in [1.54, 1.807) is 16.9 Å². The fourth-order valence-electron chi connectivity index (χ4n) is 3.04. The molecule has 0 aromatic heterocycles. The van der Waals surface area contributed by atoms with Gasteiger partial charge in [-0.3, -0.25) is 4.79 Å². The van der Waals surface area contributed by atoms with Crippen molar-refractivity contribution in [2.24, 2.45) is 11.3 Å². The van der Waals surface area contributed by atoms with Crippen molar-refractivity contribution in [2.75, 3.05) is 33.4 Å². The molecule has 1 saturated heterocycles. The van der Waals surface area contributed by atoms with Crippen LogP contribution >= 0.6 is 0 Å². The summed E-state index contributed by atoms with van der Waals surface area (Å²) in [4.78, 5) is 27.7. The number of likely N-dealkylation sites (tertiary alicyclic amines) is 1. The van der Waals surface area contributed by atoms with Crippen LogP contribution in [0.25, 0.3) is 0 Å². The first-order valence-electron chi connectivity index (χ1n) is 7.58. The molecule has 2 amide bonds. The summed E-state index contributed by atoms with van der Waals surface area (Å²) in [6.45, 7) is 9.53. The molecule has 0 bridgehead atoms. The summed E-state index contributed by atoms with van der Waals surface area (Å²) < 4.78 is 5.11. The maximum Gasteiger partial charge on any atom is 0.320 e. The van der Waals surface area contributed by atoms with E-state index in [2.05, 4.69) is 0 Å². The minimum atomic E-state index is -0.820. The highest BCUT2D eigenvalue weighted by Gasteiger charge is 2.49. The first-order valence-corrected chi connectivity index (χ1v) is 7.58. The fourth-order valence-corrected chi connectivity index (χ4v) is 3.04. The average Bonchev–Trinajstić information content (AvgIpc) is 2.86. The maximum absolute atomic E-state index is 12.6. The second kappa shape index (κ2) is 7.11. The van der Waals surface area contributed by atoms with E-state index in [9.17, 15) is 14.7 Å². The second-order valence-corrected chi connectivity index (χ2v) is 6.16. The lowest BCUT2D eigenvalue weighted by molar-refractivity contribution is -0.150. The number of likely N-dealkylation sites (N-methyl/N-ethyl adjacent to an activating group) is 1. The Hall–Kier alpha value is -1.30. The second-order valence-electron chi connectivity index (χ2n) is 6.16. The Kier molecular flexibility index (Phi) is 6.01. The van der Waals surface area contributed by atoms with Crippen molar-refractivity contribution < 1.29 is 19.4 Å². The predicted molar refractivity (Wildman–Crippen MR) is 80.2 cm³/mol. The van der Waals surface area contributed by atoms with Crippen LogP contribution in [-0.4, -0.2) is 66.3 Å². The Morgan fingerprint density at radius 2 is 2.00 bits per heavy atom. The minimum Gasteiger partial charge on any atom is -0.481 e. The molecule has 6 heteroatoms. The Bertz CT molecular complexity index is 386. The third kappa shape index (κ3) is 3.48. The van der Waals surface area contributed by atoms with Crippen LogP contribution in [0.2, 0.25) is 0 Å². The molecule has 0 aromatic carbocycles. The van der Waals surface area contributed by atoms with Gasteiger partial charge in [-0.15, -0.1) is 0 Å². The summed E-state index contributed by atoms with van der Waals surface area (Å²) in [6.07, 6.45) is 0.516. The van der Waals surface area contributed by atoms with E-state index in [0.29, 0.717) is 26.1 Å². The van der Waals surface area contributed by atoms with Gasteiger partial charge in [0.15, 0.2) is 0 Å². The van der Waals surface area contributed by atoms with Crippen molar-refractivity contribution in [3.8, 4) is 0 Å². The topological polar surface area (TPSA) is 70.1 Å². The summed E-state index contributed by atoms with van der Waals surface area (Å²) >= 11 is 0. The van der Waals surface area contributed by atoms with E-state index in [-0.39, 0.29) is 24.5 Å². The molecule has 122 valence electrons. The normalized spacial score (nSPS) is 23.4. The maximum atomic E-state index is 12.6. The van der Waals surface area contributed by atoms with Gasteiger partial charge in [0, 0.05) is 26.7 Å². The highest BCUT2D eigenvalue weighted by molar-refractivity contribution is 5.80. The number of carboxylic acids is 1. The highest BCUT2D eigenvalue weighted by Crippen LogP contribution is 2.38. The Balaban J connectivity index is 2.83. The minimum absolute atomic E-state index is 0.000671. The van der Waals surface area contributed by atoms with Gasteiger partial charge in [-0.25, -0.2) is 4.79 Å². The van der Waals surface area contributed by atoms with Gasteiger partial charge in [-0.2, -0.15) is 0 Å². The number of aliphatic carboxylic acids is 1. The third-order valence-electron chi connectivity index (χ3n) is 4.63. The first-order chi connectivity index (χ1) is 9.80. The number of carboxylic acid groups (broad SMARTS) is 1. The number of rotatable bonds is 6. The zero-order valence-corrected chi connectivity index (χ0v) is 13.8. The van der Waals surface area contributed by atoms with Gasteiger partial charge in [0.1, 0.15) is 0 Å². The van der Waals surface area contributed by atoms with E-state index in [1.165, 1.54) is 0 Å². The molecule has 2 atom stereocenters. The molecule has 0 radical (unpaired) electrons. The number of nitrogens with zero attached hydrogens (tertiary/aromatic N) is 2. The molecule has 1 heterocycles. The van der Waals surface area contributed by atoms with E-state index >= 15 is 0 Å². The summed E-state index contributed by atoms with van der Waals surface area (Å²) in [6, 6.07) is -0.114. The van der Waals surface area contributed by atoms with Gasteiger partial charge in [0.05, 0.1) is 18.1 Å². The molecule has 0 aromatic rings. The Morgan fingerprint density at radius 3 is 2.38 bits per heavy atom.